The highest BCUT2D eigenvalue weighted by atomic mass is 32.1. The van der Waals surface area contributed by atoms with E-state index in [0.29, 0.717) is 11.3 Å². The summed E-state index contributed by atoms with van der Waals surface area (Å²) in [6, 6.07) is -0.0280. The Labute approximate surface area is 100 Å². The van der Waals surface area contributed by atoms with Crippen molar-refractivity contribution in [3.8, 4) is 0 Å². The Morgan fingerprint density at radius 2 is 1.94 bits per heavy atom. The van der Waals surface area contributed by atoms with Gasteiger partial charge in [-0.2, -0.15) is 13.2 Å². The minimum atomic E-state index is -4.42. The first-order chi connectivity index (χ1) is 7.97. The molecule has 96 valence electrons. The monoisotopic (exact) mass is 266 g/mol. The molecule has 0 saturated heterocycles. The van der Waals surface area contributed by atoms with E-state index in [0.717, 1.165) is 25.7 Å². The predicted octanol–water partition coefficient (Wildman–Crippen LogP) is 2.24. The minimum Gasteiger partial charge on any atom is -0.356 e. The lowest BCUT2D eigenvalue weighted by Crippen LogP contribution is -2.42. The lowest BCUT2D eigenvalue weighted by molar-refractivity contribution is -0.138. The van der Waals surface area contributed by atoms with Gasteiger partial charge in [-0.1, -0.05) is 24.2 Å². The van der Waals surface area contributed by atoms with Crippen molar-refractivity contribution in [1.29, 1.82) is 0 Å². The van der Waals surface area contributed by atoms with Crippen LogP contribution in [-0.4, -0.2) is 22.3 Å². The number of nitrogens with two attached hydrogens (primary N) is 1. The Balaban J connectivity index is 2.01. The van der Waals surface area contributed by atoms with E-state index in [9.17, 15) is 13.2 Å². The summed E-state index contributed by atoms with van der Waals surface area (Å²) < 4.78 is 36.9. The second kappa shape index (κ2) is 4.77. The van der Waals surface area contributed by atoms with Gasteiger partial charge in [0.2, 0.25) is 10.1 Å². The zero-order valence-electron chi connectivity index (χ0n) is 9.00. The van der Waals surface area contributed by atoms with E-state index in [4.69, 9.17) is 5.73 Å². The first-order valence-electron chi connectivity index (χ1n) is 5.39. The van der Waals surface area contributed by atoms with Gasteiger partial charge >= 0.3 is 6.18 Å². The summed E-state index contributed by atoms with van der Waals surface area (Å²) in [5.41, 5.74) is 5.89. The lowest BCUT2D eigenvalue weighted by atomic mass is 9.91. The first kappa shape index (κ1) is 12.6. The number of anilines is 1. The highest BCUT2D eigenvalue weighted by Gasteiger charge is 2.36. The van der Waals surface area contributed by atoms with Gasteiger partial charge in [-0.05, 0) is 12.8 Å². The largest absolute Gasteiger partial charge is 0.445 e. The molecule has 2 rings (SSSR count). The average molecular weight is 266 g/mol. The van der Waals surface area contributed by atoms with Crippen LogP contribution in [0.1, 0.15) is 30.7 Å². The molecule has 0 aliphatic heterocycles. The molecular formula is C9H13F3N4S. The highest BCUT2D eigenvalue weighted by Crippen LogP contribution is 2.33. The van der Waals surface area contributed by atoms with Gasteiger partial charge in [-0.15, -0.1) is 10.2 Å². The maximum absolute atomic E-state index is 12.3. The van der Waals surface area contributed by atoms with Crippen molar-refractivity contribution < 1.29 is 13.2 Å². The molecule has 8 heteroatoms. The van der Waals surface area contributed by atoms with E-state index in [2.05, 4.69) is 15.5 Å². The van der Waals surface area contributed by atoms with Crippen molar-refractivity contribution in [2.45, 2.75) is 43.9 Å². The summed E-state index contributed by atoms with van der Waals surface area (Å²) in [5, 5.41) is 8.82. The van der Waals surface area contributed by atoms with Crippen molar-refractivity contribution in [1.82, 2.24) is 10.2 Å². The number of aromatic nitrogens is 2. The summed E-state index contributed by atoms with van der Waals surface area (Å²) in [5.74, 6) is 0. The summed E-state index contributed by atoms with van der Waals surface area (Å²) >= 11 is 0.522. The number of nitrogens with zero attached hydrogens (tertiary/aromatic N) is 2. The smallest absolute Gasteiger partial charge is 0.356 e. The normalized spacial score (nSPS) is 25.9. The SMILES string of the molecule is NC1CCCCC1Nc1nnc(C(F)(F)F)s1. The number of hydrogen-bond acceptors (Lipinski definition) is 5. The van der Waals surface area contributed by atoms with Crippen LogP contribution in [0.4, 0.5) is 18.3 Å². The third-order valence-electron chi connectivity index (χ3n) is 2.80. The third kappa shape index (κ3) is 3.06. The molecule has 0 amide bonds. The van der Waals surface area contributed by atoms with Crippen molar-refractivity contribution in [3.05, 3.63) is 5.01 Å². The number of nitrogens with one attached hydrogen (secondary N) is 1. The topological polar surface area (TPSA) is 63.8 Å². The van der Waals surface area contributed by atoms with Crippen LogP contribution in [0.3, 0.4) is 0 Å². The van der Waals surface area contributed by atoms with Crippen LogP contribution in [0.2, 0.25) is 0 Å². The zero-order chi connectivity index (χ0) is 12.5. The molecule has 1 aliphatic carbocycles. The van der Waals surface area contributed by atoms with E-state index in [1.54, 1.807) is 0 Å². The van der Waals surface area contributed by atoms with Gasteiger partial charge in [0.25, 0.3) is 0 Å². The Kier molecular flexibility index (Phi) is 3.53. The van der Waals surface area contributed by atoms with Crippen LogP contribution < -0.4 is 11.1 Å². The van der Waals surface area contributed by atoms with E-state index < -0.39 is 11.2 Å². The van der Waals surface area contributed by atoms with Crippen LogP contribution in [0.25, 0.3) is 0 Å². The van der Waals surface area contributed by atoms with Crippen molar-refractivity contribution >= 4 is 16.5 Å². The van der Waals surface area contributed by atoms with E-state index in [1.165, 1.54) is 0 Å². The lowest BCUT2D eigenvalue weighted by Gasteiger charge is -2.28. The second-order valence-electron chi connectivity index (χ2n) is 4.11. The molecule has 3 N–H and O–H groups in total. The maximum atomic E-state index is 12.3. The molecule has 2 atom stereocenters. The van der Waals surface area contributed by atoms with Gasteiger partial charge in [0.15, 0.2) is 0 Å². The Hall–Kier alpha value is -0.890. The number of halogens is 3. The fourth-order valence-corrected chi connectivity index (χ4v) is 2.57. The summed E-state index contributed by atoms with van der Waals surface area (Å²) in [7, 11) is 0. The van der Waals surface area contributed by atoms with Crippen LogP contribution in [-0.2, 0) is 6.18 Å². The van der Waals surface area contributed by atoms with Crippen LogP contribution in [0.5, 0.6) is 0 Å². The van der Waals surface area contributed by atoms with E-state index in [1.807, 2.05) is 0 Å². The van der Waals surface area contributed by atoms with Crippen LogP contribution >= 0.6 is 11.3 Å². The van der Waals surface area contributed by atoms with Gasteiger partial charge < -0.3 is 11.1 Å². The van der Waals surface area contributed by atoms with Crippen LogP contribution in [0, 0.1) is 0 Å². The molecule has 0 aromatic carbocycles. The van der Waals surface area contributed by atoms with Gasteiger partial charge in [-0.3, -0.25) is 0 Å². The molecular weight excluding hydrogens is 253 g/mol. The number of rotatable bonds is 2. The van der Waals surface area contributed by atoms with Crippen molar-refractivity contribution in [2.24, 2.45) is 5.73 Å². The molecule has 1 saturated carbocycles. The van der Waals surface area contributed by atoms with Gasteiger partial charge in [-0.25, -0.2) is 0 Å². The predicted molar refractivity (Wildman–Crippen MR) is 58.8 cm³/mol. The number of hydrogen-bond donors (Lipinski definition) is 2. The Bertz CT molecular complexity index is 379. The standard InChI is InChI=1S/C9H13F3N4S/c10-9(11,12)7-15-16-8(17-7)14-6-4-2-1-3-5(6)13/h5-6H,1-4,13H2,(H,14,16). The molecule has 4 nitrogen and oxygen atoms in total. The second-order valence-corrected chi connectivity index (χ2v) is 5.09. The Morgan fingerprint density at radius 1 is 1.24 bits per heavy atom. The molecule has 0 bridgehead atoms. The fraction of sp³-hybridized carbons (Fsp3) is 0.778. The molecule has 1 aromatic heterocycles. The van der Waals surface area contributed by atoms with Gasteiger partial charge in [0.1, 0.15) is 0 Å². The number of alkyl halides is 3. The van der Waals surface area contributed by atoms with E-state index in [-0.39, 0.29) is 17.2 Å². The van der Waals surface area contributed by atoms with Gasteiger partial charge in [0.05, 0.1) is 0 Å². The maximum Gasteiger partial charge on any atom is 0.445 e. The molecule has 0 radical (unpaired) electrons. The quantitative estimate of drug-likeness (QED) is 0.861. The minimum absolute atomic E-state index is 0.00205. The zero-order valence-corrected chi connectivity index (χ0v) is 9.81. The highest BCUT2D eigenvalue weighted by molar-refractivity contribution is 7.15. The molecule has 0 spiro atoms. The molecule has 1 aliphatic rings. The fourth-order valence-electron chi connectivity index (χ4n) is 1.89. The van der Waals surface area contributed by atoms with Crippen LogP contribution in [0.15, 0.2) is 0 Å². The van der Waals surface area contributed by atoms with E-state index >= 15 is 0 Å². The average Bonchev–Trinajstić information content (AvgIpc) is 2.69. The molecule has 1 aromatic rings. The molecule has 1 heterocycles. The molecule has 1 fully saturated rings. The summed E-state index contributed by atoms with van der Waals surface area (Å²) in [6.07, 6.45) is -0.559. The molecule has 2 unspecified atom stereocenters. The first-order valence-corrected chi connectivity index (χ1v) is 6.21. The third-order valence-corrected chi connectivity index (χ3v) is 3.70. The van der Waals surface area contributed by atoms with Crippen molar-refractivity contribution in [3.63, 3.8) is 0 Å². The summed E-state index contributed by atoms with van der Waals surface area (Å²) in [4.78, 5) is 0. The Morgan fingerprint density at radius 3 is 2.53 bits per heavy atom. The summed E-state index contributed by atoms with van der Waals surface area (Å²) in [6.45, 7) is 0. The van der Waals surface area contributed by atoms with Gasteiger partial charge in [0, 0.05) is 12.1 Å². The van der Waals surface area contributed by atoms with Crippen molar-refractivity contribution in [2.75, 3.05) is 5.32 Å². The molecule has 17 heavy (non-hydrogen) atoms.